The van der Waals surface area contributed by atoms with Crippen molar-refractivity contribution in [2.75, 3.05) is 5.75 Å². The number of halogens is 2. The number of thioether (sulfide) groups is 1. The summed E-state index contributed by atoms with van der Waals surface area (Å²) >= 11 is 1.06. The molecule has 130 valence electrons. The minimum atomic E-state index is -2.68. The third kappa shape index (κ3) is 3.88. The quantitative estimate of drug-likeness (QED) is 0.819. The van der Waals surface area contributed by atoms with Gasteiger partial charge in [0.05, 0.1) is 16.8 Å². The molecule has 0 aliphatic heterocycles. The van der Waals surface area contributed by atoms with E-state index in [0.29, 0.717) is 11.0 Å². The van der Waals surface area contributed by atoms with Gasteiger partial charge in [0.15, 0.2) is 5.16 Å². The number of rotatable bonds is 5. The number of benzene rings is 1. The number of hydrogen-bond acceptors (Lipinski definition) is 3. The second kappa shape index (κ2) is 7.51. The summed E-state index contributed by atoms with van der Waals surface area (Å²) in [5, 5.41) is 3.19. The third-order valence-corrected chi connectivity index (χ3v) is 5.42. The minimum Gasteiger partial charge on any atom is -0.353 e. The molecule has 0 unspecified atom stereocenters. The highest BCUT2D eigenvalue weighted by molar-refractivity contribution is 7.99. The van der Waals surface area contributed by atoms with Gasteiger partial charge in [0.2, 0.25) is 5.91 Å². The Morgan fingerprint density at radius 3 is 2.75 bits per heavy atom. The van der Waals surface area contributed by atoms with Crippen molar-refractivity contribution in [1.29, 1.82) is 0 Å². The zero-order chi connectivity index (χ0) is 17.1. The molecule has 1 saturated carbocycles. The molecular weight excluding hydrogens is 332 g/mol. The molecule has 4 nitrogen and oxygen atoms in total. The molecule has 0 radical (unpaired) electrons. The fourth-order valence-electron chi connectivity index (χ4n) is 3.12. The maximum Gasteiger partial charge on any atom is 0.321 e. The Kier molecular flexibility index (Phi) is 5.38. The molecule has 0 bridgehead atoms. The number of amides is 1. The molecule has 24 heavy (non-hydrogen) atoms. The predicted octanol–water partition coefficient (Wildman–Crippen LogP) is 4.22. The maximum atomic E-state index is 13.3. The lowest BCUT2D eigenvalue weighted by Crippen LogP contribution is -2.38. The summed E-state index contributed by atoms with van der Waals surface area (Å²) in [6.07, 6.45) is 4.23. The van der Waals surface area contributed by atoms with Gasteiger partial charge >= 0.3 is 6.55 Å². The van der Waals surface area contributed by atoms with E-state index in [9.17, 15) is 13.6 Å². The van der Waals surface area contributed by atoms with E-state index in [4.69, 9.17) is 0 Å². The summed E-state index contributed by atoms with van der Waals surface area (Å²) in [5.41, 5.74) is 0.902. The summed E-state index contributed by atoms with van der Waals surface area (Å²) in [4.78, 5) is 16.3. The van der Waals surface area contributed by atoms with E-state index in [-0.39, 0.29) is 22.9 Å². The van der Waals surface area contributed by atoms with Gasteiger partial charge in [-0.1, -0.05) is 30.8 Å². The average Bonchev–Trinajstić information content (AvgIpc) is 2.93. The molecule has 0 spiro atoms. The van der Waals surface area contributed by atoms with Crippen LogP contribution in [0.5, 0.6) is 0 Å². The van der Waals surface area contributed by atoms with Gasteiger partial charge in [-0.2, -0.15) is 8.78 Å². The third-order valence-electron chi connectivity index (χ3n) is 4.47. The van der Waals surface area contributed by atoms with Crippen LogP contribution in [0.4, 0.5) is 8.78 Å². The zero-order valence-electron chi connectivity index (χ0n) is 13.5. The smallest absolute Gasteiger partial charge is 0.321 e. The number of aromatic nitrogens is 2. The highest BCUT2D eigenvalue weighted by Crippen LogP contribution is 2.29. The minimum absolute atomic E-state index is 0.0993. The standard InChI is InChI=1S/C17H21F2N3OS/c1-11-6-8-12(9-7-11)20-15(23)10-24-17-21-13-4-2-3-5-14(13)22(17)16(18)19/h2-5,11-12,16H,6-10H2,1H3,(H,20,23). The van der Waals surface area contributed by atoms with E-state index >= 15 is 0 Å². The van der Waals surface area contributed by atoms with Crippen molar-refractivity contribution in [2.24, 2.45) is 5.92 Å². The van der Waals surface area contributed by atoms with Crippen molar-refractivity contribution >= 4 is 28.7 Å². The van der Waals surface area contributed by atoms with Gasteiger partial charge in [0.1, 0.15) is 0 Å². The van der Waals surface area contributed by atoms with Gasteiger partial charge in [-0.25, -0.2) is 4.98 Å². The van der Waals surface area contributed by atoms with Crippen LogP contribution in [0.2, 0.25) is 0 Å². The van der Waals surface area contributed by atoms with Gasteiger partial charge in [-0.05, 0) is 43.7 Å². The average molecular weight is 353 g/mol. The molecule has 1 N–H and O–H groups in total. The highest BCUT2D eigenvalue weighted by atomic mass is 32.2. The van der Waals surface area contributed by atoms with E-state index < -0.39 is 6.55 Å². The second-order valence-corrected chi connectivity index (χ2v) is 7.29. The summed E-state index contributed by atoms with van der Waals surface area (Å²) in [6.45, 7) is -0.453. The van der Waals surface area contributed by atoms with Crippen LogP contribution in [0.15, 0.2) is 29.4 Å². The number of alkyl halides is 2. The Hall–Kier alpha value is -1.63. The van der Waals surface area contributed by atoms with Gasteiger partial charge in [0, 0.05) is 6.04 Å². The van der Waals surface area contributed by atoms with Crippen LogP contribution in [-0.4, -0.2) is 27.3 Å². The van der Waals surface area contributed by atoms with Crippen molar-refractivity contribution in [3.05, 3.63) is 24.3 Å². The van der Waals surface area contributed by atoms with Gasteiger partial charge < -0.3 is 5.32 Å². The Morgan fingerprint density at radius 2 is 2.04 bits per heavy atom. The van der Waals surface area contributed by atoms with E-state index in [2.05, 4.69) is 17.2 Å². The van der Waals surface area contributed by atoms with Crippen LogP contribution in [0.25, 0.3) is 11.0 Å². The lowest BCUT2D eigenvalue weighted by molar-refractivity contribution is -0.119. The fourth-order valence-corrected chi connectivity index (χ4v) is 3.94. The number of nitrogens with one attached hydrogen (secondary N) is 1. The number of nitrogens with zero attached hydrogens (tertiary/aromatic N) is 2. The van der Waals surface area contributed by atoms with Crippen LogP contribution in [0, 0.1) is 5.92 Å². The SMILES string of the molecule is CC1CCC(NC(=O)CSc2nc3ccccc3n2C(F)F)CC1. The molecule has 1 aromatic carbocycles. The number of imidazole rings is 1. The monoisotopic (exact) mass is 353 g/mol. The molecule has 1 aliphatic rings. The van der Waals surface area contributed by atoms with Gasteiger partial charge in [0.25, 0.3) is 0 Å². The van der Waals surface area contributed by atoms with Crippen molar-refractivity contribution in [3.8, 4) is 0 Å². The van der Waals surface area contributed by atoms with Crippen molar-refractivity contribution < 1.29 is 13.6 Å². The molecule has 1 aliphatic carbocycles. The summed E-state index contributed by atoms with van der Waals surface area (Å²) < 4.78 is 27.6. The van der Waals surface area contributed by atoms with E-state index in [1.807, 2.05) is 0 Å². The first-order chi connectivity index (χ1) is 11.5. The van der Waals surface area contributed by atoms with Crippen LogP contribution in [-0.2, 0) is 4.79 Å². The van der Waals surface area contributed by atoms with Crippen LogP contribution in [0.1, 0.15) is 39.2 Å². The first-order valence-electron chi connectivity index (χ1n) is 8.22. The molecule has 1 aromatic heterocycles. The van der Waals surface area contributed by atoms with E-state index in [0.717, 1.165) is 47.9 Å². The number of fused-ring (bicyclic) bond motifs is 1. The molecule has 3 rings (SSSR count). The predicted molar refractivity (Wildman–Crippen MR) is 91.3 cm³/mol. The Balaban J connectivity index is 1.63. The molecule has 0 atom stereocenters. The van der Waals surface area contributed by atoms with Crippen molar-refractivity contribution in [3.63, 3.8) is 0 Å². The second-order valence-electron chi connectivity index (χ2n) is 6.34. The Labute approximate surface area is 144 Å². The van der Waals surface area contributed by atoms with E-state index in [1.54, 1.807) is 24.3 Å². The molecule has 0 saturated heterocycles. The highest BCUT2D eigenvalue weighted by Gasteiger charge is 2.21. The summed E-state index contributed by atoms with van der Waals surface area (Å²) in [7, 11) is 0. The van der Waals surface area contributed by atoms with Crippen LogP contribution >= 0.6 is 11.8 Å². The lowest BCUT2D eigenvalue weighted by Gasteiger charge is -2.26. The maximum absolute atomic E-state index is 13.3. The Bertz CT molecular complexity index is 711. The topological polar surface area (TPSA) is 46.9 Å². The number of hydrogen-bond donors (Lipinski definition) is 1. The Morgan fingerprint density at radius 1 is 1.33 bits per heavy atom. The largest absolute Gasteiger partial charge is 0.353 e. The van der Waals surface area contributed by atoms with Crippen LogP contribution in [0.3, 0.4) is 0 Å². The molecule has 2 aromatic rings. The van der Waals surface area contributed by atoms with Gasteiger partial charge in [-0.3, -0.25) is 9.36 Å². The number of carbonyl (C=O) groups excluding carboxylic acids is 1. The molecule has 1 fully saturated rings. The van der Waals surface area contributed by atoms with Crippen molar-refractivity contribution in [1.82, 2.24) is 14.9 Å². The van der Waals surface area contributed by atoms with Gasteiger partial charge in [-0.15, -0.1) is 0 Å². The number of carbonyl (C=O) groups is 1. The van der Waals surface area contributed by atoms with Crippen LogP contribution < -0.4 is 5.32 Å². The lowest BCUT2D eigenvalue weighted by atomic mass is 9.87. The zero-order valence-corrected chi connectivity index (χ0v) is 14.4. The summed E-state index contributed by atoms with van der Waals surface area (Å²) in [6, 6.07) is 6.98. The first-order valence-corrected chi connectivity index (χ1v) is 9.20. The molecule has 1 amide bonds. The molecule has 1 heterocycles. The molecular formula is C17H21F2N3OS. The normalized spacial score (nSPS) is 21.3. The first kappa shape index (κ1) is 17.2. The fraction of sp³-hybridized carbons (Fsp3) is 0.529. The molecule has 7 heteroatoms. The number of para-hydroxylation sites is 2. The van der Waals surface area contributed by atoms with Crippen molar-refractivity contribution in [2.45, 2.75) is 50.4 Å². The summed E-state index contributed by atoms with van der Waals surface area (Å²) in [5.74, 6) is 0.702. The van der Waals surface area contributed by atoms with E-state index in [1.165, 1.54) is 0 Å².